The summed E-state index contributed by atoms with van der Waals surface area (Å²) in [6, 6.07) is -0.935. The summed E-state index contributed by atoms with van der Waals surface area (Å²) in [6.07, 6.45) is 3.89. The first-order chi connectivity index (χ1) is 16.8. The summed E-state index contributed by atoms with van der Waals surface area (Å²) in [5.41, 5.74) is 6.14. The number of fused-ring (bicyclic) bond motifs is 2. The van der Waals surface area contributed by atoms with Gasteiger partial charge in [-0.15, -0.1) is 23.1 Å². The van der Waals surface area contributed by atoms with Gasteiger partial charge in [0.15, 0.2) is 10.8 Å². The fraction of sp³-hybridized carbons (Fsp3) is 0.300. The van der Waals surface area contributed by atoms with Gasteiger partial charge in [0.1, 0.15) is 43.2 Å². The summed E-state index contributed by atoms with van der Waals surface area (Å²) >= 11 is 4.08. The lowest BCUT2D eigenvalue weighted by atomic mass is 10.0. The first kappa shape index (κ1) is 23.3. The maximum absolute atomic E-state index is 13.0. The Balaban J connectivity index is 1.37. The quantitative estimate of drug-likeness (QED) is 0.171. The van der Waals surface area contributed by atoms with E-state index in [2.05, 4.69) is 15.5 Å². The van der Waals surface area contributed by atoms with Crippen LogP contribution in [0.1, 0.15) is 11.5 Å². The number of thiazole rings is 2. The second-order valence-electron chi connectivity index (χ2n) is 7.71. The van der Waals surface area contributed by atoms with Crippen LogP contribution >= 0.6 is 34.4 Å². The summed E-state index contributed by atoms with van der Waals surface area (Å²) in [5.74, 6) is -1.35. The molecule has 2 amide bonds. The van der Waals surface area contributed by atoms with E-state index in [9.17, 15) is 19.5 Å². The number of nitrogens with two attached hydrogens (primary N) is 1. The molecule has 3 N–H and O–H groups in total. The Morgan fingerprint density at radius 3 is 2.89 bits per heavy atom. The van der Waals surface area contributed by atoms with Crippen LogP contribution in [0.5, 0.6) is 0 Å². The van der Waals surface area contributed by atoms with E-state index in [1.54, 1.807) is 16.7 Å². The number of aromatic nitrogens is 3. The van der Waals surface area contributed by atoms with Gasteiger partial charge in [0.25, 0.3) is 17.6 Å². The second-order valence-corrected chi connectivity index (χ2v) is 10.6. The first-order valence-electron chi connectivity index (χ1n) is 10.3. The van der Waals surface area contributed by atoms with Crippen LogP contribution in [0.4, 0.5) is 5.13 Å². The molecule has 0 radical (unpaired) electrons. The van der Waals surface area contributed by atoms with Gasteiger partial charge in [-0.2, -0.15) is 4.40 Å². The molecule has 2 aliphatic rings. The molecule has 182 valence electrons. The molecule has 1 fully saturated rings. The van der Waals surface area contributed by atoms with Crippen LogP contribution in [0, 0.1) is 6.92 Å². The van der Waals surface area contributed by atoms with Crippen molar-refractivity contribution in [3.8, 4) is 0 Å². The highest BCUT2D eigenvalue weighted by molar-refractivity contribution is 8.00. The lowest BCUT2D eigenvalue weighted by Gasteiger charge is -2.50. The lowest BCUT2D eigenvalue weighted by Crippen LogP contribution is -2.71. The van der Waals surface area contributed by atoms with Crippen molar-refractivity contribution < 1.29 is 28.9 Å². The van der Waals surface area contributed by atoms with E-state index in [0.717, 1.165) is 22.0 Å². The summed E-state index contributed by atoms with van der Waals surface area (Å²) in [7, 11) is 1.28. The lowest BCUT2D eigenvalue weighted by molar-refractivity contribution is -0.693. The number of carbonyl (C=O) groups is 3. The first-order valence-corrected chi connectivity index (χ1v) is 13.1. The molecule has 35 heavy (non-hydrogen) atoms. The predicted octanol–water partition coefficient (Wildman–Crippen LogP) is -0.910. The number of carboxylic acids is 1. The van der Waals surface area contributed by atoms with Crippen molar-refractivity contribution in [1.82, 2.24) is 19.6 Å². The number of rotatable bonds is 7. The van der Waals surface area contributed by atoms with Crippen LogP contribution in [-0.2, 0) is 25.8 Å². The van der Waals surface area contributed by atoms with Gasteiger partial charge in [-0.1, -0.05) is 16.5 Å². The zero-order valence-corrected chi connectivity index (χ0v) is 20.9. The van der Waals surface area contributed by atoms with Crippen molar-refractivity contribution in [2.24, 2.45) is 5.16 Å². The maximum Gasteiger partial charge on any atom is 0.276 e. The minimum absolute atomic E-state index is 0.135. The fourth-order valence-corrected chi connectivity index (χ4v) is 6.78. The van der Waals surface area contributed by atoms with E-state index >= 15 is 0 Å². The monoisotopic (exact) mass is 533 g/mol. The smallest absolute Gasteiger partial charge is 0.276 e. The molecule has 1 saturated heterocycles. The Labute approximate surface area is 210 Å². The fourth-order valence-electron chi connectivity index (χ4n) is 4.08. The number of aliphatic carboxylic acids is 1. The van der Waals surface area contributed by atoms with Crippen molar-refractivity contribution in [1.29, 1.82) is 0 Å². The molecule has 12 nitrogen and oxygen atoms in total. The van der Waals surface area contributed by atoms with Crippen molar-refractivity contribution in [2.75, 3.05) is 18.6 Å². The predicted molar refractivity (Wildman–Crippen MR) is 127 cm³/mol. The molecule has 0 bridgehead atoms. The zero-order chi connectivity index (χ0) is 24.9. The third-order valence-electron chi connectivity index (χ3n) is 5.72. The number of imidazole rings is 1. The van der Waals surface area contributed by atoms with Crippen LogP contribution in [0.3, 0.4) is 0 Å². The molecule has 2 aliphatic heterocycles. The SMILES string of the molecule is CO/N=C(\C(=O)N[C@@H]1C(=O)N2C(C(=O)[O-])=C(C[n+]3cc4sccn4c3C)CS[C@H]12)c1csc(N)n1. The van der Waals surface area contributed by atoms with Crippen molar-refractivity contribution in [3.63, 3.8) is 0 Å². The van der Waals surface area contributed by atoms with E-state index < -0.39 is 29.2 Å². The van der Waals surface area contributed by atoms with Crippen molar-refractivity contribution >= 4 is 67.9 Å². The minimum Gasteiger partial charge on any atom is -0.543 e. The zero-order valence-electron chi connectivity index (χ0n) is 18.5. The molecule has 15 heteroatoms. The Kier molecular flexibility index (Phi) is 5.98. The van der Waals surface area contributed by atoms with Crippen LogP contribution in [-0.4, -0.2) is 62.1 Å². The number of nitrogens with zero attached hydrogens (tertiary/aromatic N) is 5. The Hall–Kier alpha value is -3.43. The van der Waals surface area contributed by atoms with Crippen LogP contribution in [0.25, 0.3) is 4.83 Å². The van der Waals surface area contributed by atoms with Crippen molar-refractivity contribution in [2.45, 2.75) is 24.9 Å². The van der Waals surface area contributed by atoms with Gasteiger partial charge in [-0.05, 0) is 0 Å². The Bertz CT molecular complexity index is 1420. The highest BCUT2D eigenvalue weighted by Gasteiger charge is 2.53. The number of anilines is 1. The molecule has 3 aromatic rings. The number of carboxylic acid groups (broad SMARTS) is 1. The van der Waals surface area contributed by atoms with Crippen molar-refractivity contribution in [3.05, 3.63) is 45.9 Å². The van der Waals surface area contributed by atoms with E-state index in [1.807, 2.05) is 33.7 Å². The van der Waals surface area contributed by atoms with Crippen LogP contribution in [0.2, 0.25) is 0 Å². The number of nitrogen functional groups attached to an aromatic ring is 1. The van der Waals surface area contributed by atoms with E-state index in [0.29, 0.717) is 17.9 Å². The average molecular weight is 534 g/mol. The highest BCUT2D eigenvalue weighted by atomic mass is 32.2. The number of β-lactam (4-membered cyclic amide) rings is 1. The van der Waals surface area contributed by atoms with Gasteiger partial charge in [0.2, 0.25) is 4.83 Å². The van der Waals surface area contributed by atoms with Crippen LogP contribution < -0.4 is 20.7 Å². The van der Waals surface area contributed by atoms with E-state index in [4.69, 9.17) is 10.6 Å². The molecule has 5 rings (SSSR count). The van der Waals surface area contributed by atoms with Gasteiger partial charge >= 0.3 is 0 Å². The summed E-state index contributed by atoms with van der Waals surface area (Å²) in [6.45, 7) is 2.24. The number of oxime groups is 1. The molecule has 0 spiro atoms. The summed E-state index contributed by atoms with van der Waals surface area (Å²) in [4.78, 5) is 48.9. The second kappa shape index (κ2) is 8.98. The number of amides is 2. The standard InChI is InChI=1S/C20H19N7O5S3/c1-9-25(6-12-26(9)3-4-33-12)5-10-7-34-18-14(17(29)27(18)15(10)19(30)31)23-16(28)13(24-32-2)11-8-35-20(21)22-11/h3-4,6,8,14,18H,5,7H2,1-2H3,(H3-,21,22,23,28,30,31)/b24-13-/t14-,18-/m1/s1. The van der Waals surface area contributed by atoms with Gasteiger partial charge in [0.05, 0.1) is 11.7 Å². The van der Waals surface area contributed by atoms with Gasteiger partial charge in [-0.25, -0.2) is 9.55 Å². The molecule has 0 aromatic carbocycles. The largest absolute Gasteiger partial charge is 0.543 e. The third kappa shape index (κ3) is 3.94. The molecule has 3 aromatic heterocycles. The number of hydrogen-bond donors (Lipinski definition) is 2. The summed E-state index contributed by atoms with van der Waals surface area (Å²) < 4.78 is 3.96. The van der Waals surface area contributed by atoms with E-state index in [-0.39, 0.29) is 22.2 Å². The molecular formula is C20H19N7O5S3. The maximum atomic E-state index is 13.0. The van der Waals surface area contributed by atoms with E-state index in [1.165, 1.54) is 23.8 Å². The number of aryl methyl sites for hydroxylation is 1. The normalized spacial score (nSPS) is 20.1. The van der Waals surface area contributed by atoms with Gasteiger partial charge in [-0.3, -0.25) is 14.5 Å². The molecule has 2 atom stereocenters. The Morgan fingerprint density at radius 1 is 1.43 bits per heavy atom. The number of thioether (sulfide) groups is 1. The average Bonchev–Trinajstić information content (AvgIpc) is 3.54. The number of hydrogen-bond acceptors (Lipinski definition) is 11. The molecule has 0 unspecified atom stereocenters. The third-order valence-corrected chi connectivity index (χ3v) is 8.53. The highest BCUT2D eigenvalue weighted by Crippen LogP contribution is 2.40. The van der Waals surface area contributed by atoms with Crippen LogP contribution in [0.15, 0.2) is 39.6 Å². The minimum atomic E-state index is -1.43. The van der Waals surface area contributed by atoms with Gasteiger partial charge < -0.3 is 25.8 Å². The number of nitrogens with one attached hydrogen (secondary N) is 1. The molecule has 0 aliphatic carbocycles. The number of carbonyl (C=O) groups excluding carboxylic acids is 3. The Morgan fingerprint density at radius 2 is 2.23 bits per heavy atom. The topological polar surface area (TPSA) is 158 Å². The van der Waals surface area contributed by atoms with Gasteiger partial charge in [0, 0.05) is 29.0 Å². The molecule has 5 heterocycles. The molecular weight excluding hydrogens is 514 g/mol. The summed E-state index contributed by atoms with van der Waals surface area (Å²) in [5, 5.41) is 21.6. The molecule has 0 saturated carbocycles.